The monoisotopic (exact) mass is 387 g/mol. The number of thioether (sulfide) groups is 1. The third-order valence-corrected chi connectivity index (χ3v) is 6.00. The summed E-state index contributed by atoms with van der Waals surface area (Å²) in [5.74, 6) is 0.470. The molecule has 0 bridgehead atoms. The summed E-state index contributed by atoms with van der Waals surface area (Å²) in [5.41, 5.74) is 1.40. The van der Waals surface area contributed by atoms with Gasteiger partial charge in [0.1, 0.15) is 34.3 Å². The average molecular weight is 387 g/mol. The van der Waals surface area contributed by atoms with E-state index in [0.717, 1.165) is 17.8 Å². The lowest BCUT2D eigenvalue weighted by Crippen LogP contribution is -2.25. The van der Waals surface area contributed by atoms with Crippen molar-refractivity contribution in [2.24, 2.45) is 4.40 Å². The van der Waals surface area contributed by atoms with Crippen molar-refractivity contribution in [3.8, 4) is 5.69 Å². The minimum Gasteiger partial charge on any atom is -0.591 e. The Balaban J connectivity index is 1.93. The van der Waals surface area contributed by atoms with Gasteiger partial charge in [-0.2, -0.15) is 13.2 Å². The number of alkyl halides is 3. The fraction of sp³-hybridized carbons (Fsp3) is 0.375. The quantitative estimate of drug-likeness (QED) is 0.568. The third kappa shape index (κ3) is 3.73. The predicted octanol–water partition coefficient (Wildman–Crippen LogP) is 4.38. The van der Waals surface area contributed by atoms with Gasteiger partial charge in [0.05, 0.1) is 16.9 Å². The molecule has 0 unspecified atom stereocenters. The zero-order valence-corrected chi connectivity index (χ0v) is 15.4. The van der Waals surface area contributed by atoms with Crippen molar-refractivity contribution in [2.75, 3.05) is 0 Å². The Labute approximate surface area is 150 Å². The van der Waals surface area contributed by atoms with Gasteiger partial charge in [-0.25, -0.2) is 4.98 Å². The van der Waals surface area contributed by atoms with Crippen molar-refractivity contribution in [3.05, 3.63) is 41.5 Å². The number of aromatic nitrogens is 2. The third-order valence-electron chi connectivity index (χ3n) is 3.60. The topological polar surface area (TPSA) is 53.2 Å². The summed E-state index contributed by atoms with van der Waals surface area (Å²) >= 11 is -0.0707. The highest BCUT2D eigenvalue weighted by Crippen LogP contribution is 2.39. The summed E-state index contributed by atoms with van der Waals surface area (Å²) in [7, 11) is 0. The summed E-state index contributed by atoms with van der Waals surface area (Å²) < 4.78 is 55.9. The van der Waals surface area contributed by atoms with Crippen molar-refractivity contribution in [2.45, 2.75) is 42.3 Å². The van der Waals surface area contributed by atoms with Crippen LogP contribution in [-0.4, -0.2) is 25.1 Å². The van der Waals surface area contributed by atoms with Crippen LogP contribution in [0.1, 0.15) is 37.7 Å². The molecule has 0 radical (unpaired) electrons. The molecule has 0 saturated heterocycles. The van der Waals surface area contributed by atoms with Gasteiger partial charge in [0.15, 0.2) is 0 Å². The van der Waals surface area contributed by atoms with Crippen LogP contribution in [0.5, 0.6) is 0 Å². The van der Waals surface area contributed by atoms with Gasteiger partial charge in [0.2, 0.25) is 0 Å². The van der Waals surface area contributed by atoms with Gasteiger partial charge in [0, 0.05) is 10.6 Å². The van der Waals surface area contributed by atoms with E-state index < -0.39 is 27.8 Å². The summed E-state index contributed by atoms with van der Waals surface area (Å²) in [6, 6.07) is 3.67. The SMILES string of the molecule is CC(C)(C)[S@+]([O-])/N=C/c1ncn2c1CSc1cc(C(F)(F)F)ccc1-2. The number of benzene rings is 1. The molecule has 3 rings (SSSR count). The number of nitrogens with zero attached hydrogens (tertiary/aromatic N) is 3. The molecule has 4 nitrogen and oxygen atoms in total. The van der Waals surface area contributed by atoms with Crippen LogP contribution in [0, 0.1) is 0 Å². The van der Waals surface area contributed by atoms with Crippen LogP contribution >= 0.6 is 11.8 Å². The van der Waals surface area contributed by atoms with Gasteiger partial charge in [-0.3, -0.25) is 0 Å². The summed E-state index contributed by atoms with van der Waals surface area (Å²) in [6.45, 7) is 5.48. The number of hydrogen-bond acceptors (Lipinski definition) is 4. The van der Waals surface area contributed by atoms with E-state index in [9.17, 15) is 17.7 Å². The van der Waals surface area contributed by atoms with Crippen LogP contribution in [0.15, 0.2) is 33.8 Å². The fourth-order valence-corrected chi connectivity index (χ4v) is 3.87. The molecule has 1 aromatic carbocycles. The first-order chi connectivity index (χ1) is 11.6. The molecule has 1 aliphatic heterocycles. The van der Waals surface area contributed by atoms with E-state index in [1.54, 1.807) is 10.9 Å². The second-order valence-electron chi connectivity index (χ2n) is 6.51. The Morgan fingerprint density at radius 2 is 2.04 bits per heavy atom. The summed E-state index contributed by atoms with van der Waals surface area (Å²) in [4.78, 5) is 4.82. The van der Waals surface area contributed by atoms with Gasteiger partial charge in [-0.15, -0.1) is 11.8 Å². The van der Waals surface area contributed by atoms with Crippen molar-refractivity contribution in [3.63, 3.8) is 0 Å². The standard InChI is InChI=1S/C16H16F3N3OS2/c1-15(2,3)25(23)21-7-11-13-8-24-14-6-10(16(17,18)19)4-5-12(14)22(13)9-20-11/h4-7,9H,8H2,1-3H3/b21-7+/t25-/m0/s1. The zero-order chi connectivity index (χ0) is 18.4. The van der Waals surface area contributed by atoms with Crippen molar-refractivity contribution in [1.29, 1.82) is 0 Å². The molecule has 0 N–H and O–H groups in total. The molecule has 0 aliphatic carbocycles. The smallest absolute Gasteiger partial charge is 0.416 e. The predicted molar refractivity (Wildman–Crippen MR) is 93.6 cm³/mol. The van der Waals surface area contributed by atoms with Crippen molar-refractivity contribution < 1.29 is 17.7 Å². The molecule has 134 valence electrons. The van der Waals surface area contributed by atoms with E-state index in [-0.39, 0.29) is 0 Å². The van der Waals surface area contributed by atoms with E-state index in [4.69, 9.17) is 0 Å². The Hall–Kier alpha value is -1.45. The largest absolute Gasteiger partial charge is 0.591 e. The van der Waals surface area contributed by atoms with E-state index in [1.807, 2.05) is 20.8 Å². The molecule has 0 amide bonds. The van der Waals surface area contributed by atoms with Crippen LogP contribution in [0.3, 0.4) is 0 Å². The van der Waals surface area contributed by atoms with E-state index >= 15 is 0 Å². The van der Waals surface area contributed by atoms with Crippen LogP contribution in [-0.2, 0) is 23.3 Å². The minimum atomic E-state index is -4.36. The number of fused-ring (bicyclic) bond motifs is 3. The molecule has 1 aliphatic rings. The van der Waals surface area contributed by atoms with Gasteiger partial charge in [0.25, 0.3) is 0 Å². The first-order valence-corrected chi connectivity index (χ1v) is 9.53. The van der Waals surface area contributed by atoms with Crippen LogP contribution in [0.4, 0.5) is 13.2 Å². The Bertz CT molecular complexity index is 825. The molecular formula is C16H16F3N3OS2. The lowest BCUT2D eigenvalue weighted by atomic mass is 10.2. The maximum Gasteiger partial charge on any atom is 0.416 e. The van der Waals surface area contributed by atoms with Gasteiger partial charge >= 0.3 is 6.18 Å². The van der Waals surface area contributed by atoms with E-state index in [1.165, 1.54) is 24.0 Å². The molecule has 1 atom stereocenters. The van der Waals surface area contributed by atoms with Crippen LogP contribution < -0.4 is 0 Å². The number of halogens is 3. The maximum absolute atomic E-state index is 12.9. The molecule has 0 fully saturated rings. The van der Waals surface area contributed by atoms with Gasteiger partial charge < -0.3 is 9.12 Å². The number of rotatable bonds is 2. The normalized spacial score (nSPS) is 16.0. The molecule has 25 heavy (non-hydrogen) atoms. The number of imidazole rings is 1. The van der Waals surface area contributed by atoms with Crippen LogP contribution in [0.25, 0.3) is 5.69 Å². The average Bonchev–Trinajstić information content (AvgIpc) is 2.93. The second-order valence-corrected chi connectivity index (χ2v) is 9.46. The van der Waals surface area contributed by atoms with Gasteiger partial charge in [-0.05, 0) is 39.0 Å². The fourth-order valence-electron chi connectivity index (χ4n) is 2.25. The van der Waals surface area contributed by atoms with E-state index in [0.29, 0.717) is 22.0 Å². The second kappa shape index (κ2) is 6.37. The first kappa shape index (κ1) is 18.3. The first-order valence-electron chi connectivity index (χ1n) is 7.44. The van der Waals surface area contributed by atoms with Crippen LogP contribution in [0.2, 0.25) is 0 Å². The Morgan fingerprint density at radius 3 is 2.68 bits per heavy atom. The molecule has 2 heterocycles. The highest BCUT2D eigenvalue weighted by Gasteiger charge is 2.32. The van der Waals surface area contributed by atoms with E-state index in [2.05, 4.69) is 9.38 Å². The highest BCUT2D eigenvalue weighted by atomic mass is 32.2. The molecule has 1 aromatic heterocycles. The van der Waals surface area contributed by atoms with Crippen molar-refractivity contribution in [1.82, 2.24) is 9.55 Å². The Morgan fingerprint density at radius 1 is 1.32 bits per heavy atom. The highest BCUT2D eigenvalue weighted by molar-refractivity contribution is 7.98. The molecule has 0 spiro atoms. The summed E-state index contributed by atoms with van der Waals surface area (Å²) in [6.07, 6.45) is -1.33. The number of hydrogen-bond donors (Lipinski definition) is 0. The maximum atomic E-state index is 12.9. The van der Waals surface area contributed by atoms with Crippen molar-refractivity contribution >= 4 is 29.3 Å². The Kier molecular flexibility index (Phi) is 4.67. The summed E-state index contributed by atoms with van der Waals surface area (Å²) in [5, 5.41) is 0. The zero-order valence-electron chi connectivity index (χ0n) is 13.8. The lowest BCUT2D eigenvalue weighted by Gasteiger charge is -2.20. The minimum absolute atomic E-state index is 0.467. The molecule has 0 saturated carbocycles. The molecule has 2 aromatic rings. The molecular weight excluding hydrogens is 371 g/mol. The molecule has 9 heteroatoms. The van der Waals surface area contributed by atoms with Gasteiger partial charge in [-0.1, -0.05) is 4.40 Å². The lowest BCUT2D eigenvalue weighted by molar-refractivity contribution is -0.137.